The molecule has 0 aliphatic rings. The second kappa shape index (κ2) is 8.55. The van der Waals surface area contributed by atoms with Gasteiger partial charge in [-0.2, -0.15) is 5.10 Å². The molecule has 0 bridgehead atoms. The van der Waals surface area contributed by atoms with E-state index >= 15 is 0 Å². The molecular formula is C21H22N4O4. The number of esters is 1. The molecular weight excluding hydrogens is 372 g/mol. The first-order valence-corrected chi connectivity index (χ1v) is 9.01. The molecule has 3 aromatic rings. The molecule has 1 aromatic heterocycles. The number of hydrogen-bond acceptors (Lipinski definition) is 6. The predicted octanol–water partition coefficient (Wildman–Crippen LogP) is 1.80. The summed E-state index contributed by atoms with van der Waals surface area (Å²) in [6.07, 6.45) is 0. The number of nitrogens with one attached hydrogen (secondary N) is 1. The Morgan fingerprint density at radius 2 is 1.66 bits per heavy atom. The molecule has 0 saturated heterocycles. The van der Waals surface area contributed by atoms with Crippen LogP contribution < -0.4 is 10.5 Å². The molecule has 0 fully saturated rings. The fraction of sp³-hybridized carbons (Fsp3) is 0.238. The summed E-state index contributed by atoms with van der Waals surface area (Å²) in [5, 5.41) is 6.76. The number of likely N-dealkylation sites (N-methyl/N-ethyl adjacent to an activating group) is 1. The Morgan fingerprint density at radius 1 is 1.00 bits per heavy atom. The number of aromatic nitrogens is 2. The van der Waals surface area contributed by atoms with Crippen LogP contribution in [0.5, 0.6) is 0 Å². The average molecular weight is 394 g/mol. The zero-order valence-corrected chi connectivity index (χ0v) is 16.5. The number of amides is 1. The van der Waals surface area contributed by atoms with Gasteiger partial charge in [0.25, 0.3) is 11.5 Å². The van der Waals surface area contributed by atoms with Crippen LogP contribution in [0.25, 0.3) is 10.8 Å². The van der Waals surface area contributed by atoms with Crippen LogP contribution in [0, 0.1) is 0 Å². The maximum absolute atomic E-state index is 12.4. The van der Waals surface area contributed by atoms with Crippen molar-refractivity contribution in [1.29, 1.82) is 0 Å². The van der Waals surface area contributed by atoms with Gasteiger partial charge in [0.05, 0.1) is 5.39 Å². The van der Waals surface area contributed by atoms with E-state index < -0.39 is 18.1 Å². The minimum Gasteiger partial charge on any atom is -0.451 e. The Kier molecular flexibility index (Phi) is 5.92. The lowest BCUT2D eigenvalue weighted by molar-refractivity contribution is -0.133. The van der Waals surface area contributed by atoms with Crippen molar-refractivity contribution < 1.29 is 14.3 Å². The number of ether oxygens (including phenoxy) is 1. The summed E-state index contributed by atoms with van der Waals surface area (Å²) in [6.45, 7) is -0.0236. The number of carbonyl (C=O) groups excluding carboxylic acids is 2. The standard InChI is InChI=1S/C21H22N4O4/c1-24(2)15-10-8-14(9-11-15)12-25(3)18(26)13-29-21(28)19-16-6-4-5-7-17(16)20(27)23-22-19/h4-11H,12-13H2,1-3H3,(H,23,27). The largest absolute Gasteiger partial charge is 0.451 e. The molecule has 0 atom stereocenters. The van der Waals surface area contributed by atoms with Crippen LogP contribution in [-0.4, -0.2) is 54.7 Å². The molecule has 0 saturated carbocycles. The molecule has 1 N–H and O–H groups in total. The molecule has 2 aromatic carbocycles. The second-order valence-corrected chi connectivity index (χ2v) is 6.83. The number of fused-ring (bicyclic) bond motifs is 1. The highest BCUT2D eigenvalue weighted by atomic mass is 16.5. The summed E-state index contributed by atoms with van der Waals surface area (Å²) >= 11 is 0. The number of carbonyl (C=O) groups is 2. The number of hydrogen-bond donors (Lipinski definition) is 1. The van der Waals surface area contributed by atoms with Gasteiger partial charge in [-0.25, -0.2) is 9.89 Å². The Bertz CT molecular complexity index is 1090. The minimum atomic E-state index is -0.769. The van der Waals surface area contributed by atoms with Gasteiger partial charge in [0.1, 0.15) is 0 Å². The zero-order valence-electron chi connectivity index (χ0n) is 16.5. The molecule has 150 valence electrons. The van der Waals surface area contributed by atoms with Crippen LogP contribution in [0.1, 0.15) is 16.1 Å². The molecule has 0 spiro atoms. The van der Waals surface area contributed by atoms with E-state index in [1.165, 1.54) is 4.90 Å². The highest BCUT2D eigenvalue weighted by molar-refractivity contribution is 6.02. The van der Waals surface area contributed by atoms with Crippen molar-refractivity contribution in [2.45, 2.75) is 6.54 Å². The molecule has 8 nitrogen and oxygen atoms in total. The molecule has 29 heavy (non-hydrogen) atoms. The maximum atomic E-state index is 12.4. The summed E-state index contributed by atoms with van der Waals surface area (Å²) in [6, 6.07) is 14.4. The fourth-order valence-corrected chi connectivity index (χ4v) is 2.84. The Hall–Kier alpha value is -3.68. The summed E-state index contributed by atoms with van der Waals surface area (Å²) in [7, 11) is 5.56. The Balaban J connectivity index is 1.62. The van der Waals surface area contributed by atoms with Crippen molar-refractivity contribution in [1.82, 2.24) is 15.1 Å². The van der Waals surface area contributed by atoms with Crippen LogP contribution >= 0.6 is 0 Å². The van der Waals surface area contributed by atoms with E-state index in [9.17, 15) is 14.4 Å². The van der Waals surface area contributed by atoms with Gasteiger partial charge in [-0.05, 0) is 23.8 Å². The van der Waals surface area contributed by atoms with Gasteiger partial charge in [-0.3, -0.25) is 9.59 Å². The van der Waals surface area contributed by atoms with Crippen molar-refractivity contribution in [2.24, 2.45) is 0 Å². The first-order chi connectivity index (χ1) is 13.9. The van der Waals surface area contributed by atoms with Crippen molar-refractivity contribution in [3.8, 4) is 0 Å². The van der Waals surface area contributed by atoms with E-state index in [1.807, 2.05) is 43.3 Å². The van der Waals surface area contributed by atoms with Gasteiger partial charge < -0.3 is 14.5 Å². The topological polar surface area (TPSA) is 95.6 Å². The van der Waals surface area contributed by atoms with E-state index in [0.717, 1.165) is 11.3 Å². The van der Waals surface area contributed by atoms with Crippen LogP contribution in [0.15, 0.2) is 53.3 Å². The smallest absolute Gasteiger partial charge is 0.359 e. The van der Waals surface area contributed by atoms with Gasteiger partial charge in [-0.1, -0.05) is 30.3 Å². The SMILES string of the molecule is CN(Cc1ccc(N(C)C)cc1)C(=O)COC(=O)c1n[nH]c(=O)c2ccccc12. The molecule has 0 aliphatic heterocycles. The number of aromatic amines is 1. The predicted molar refractivity (Wildman–Crippen MR) is 110 cm³/mol. The average Bonchev–Trinajstić information content (AvgIpc) is 2.72. The van der Waals surface area contributed by atoms with E-state index in [-0.39, 0.29) is 11.6 Å². The molecule has 3 rings (SSSR count). The third-order valence-corrected chi connectivity index (χ3v) is 4.51. The van der Waals surface area contributed by atoms with Gasteiger partial charge >= 0.3 is 5.97 Å². The normalized spacial score (nSPS) is 10.6. The third-order valence-electron chi connectivity index (χ3n) is 4.51. The molecule has 0 aliphatic carbocycles. The Labute approximate surface area is 167 Å². The van der Waals surface area contributed by atoms with Gasteiger partial charge in [0.15, 0.2) is 12.3 Å². The molecule has 8 heteroatoms. The van der Waals surface area contributed by atoms with Crippen LogP contribution in [0.4, 0.5) is 5.69 Å². The summed E-state index contributed by atoms with van der Waals surface area (Å²) < 4.78 is 5.13. The van der Waals surface area contributed by atoms with Gasteiger partial charge in [0, 0.05) is 38.8 Å². The van der Waals surface area contributed by atoms with Crippen molar-refractivity contribution in [3.63, 3.8) is 0 Å². The lowest BCUT2D eigenvalue weighted by atomic mass is 10.1. The lowest BCUT2D eigenvalue weighted by Gasteiger charge is -2.18. The quantitative estimate of drug-likeness (QED) is 0.641. The number of anilines is 1. The van der Waals surface area contributed by atoms with Crippen LogP contribution in [0.3, 0.4) is 0 Å². The van der Waals surface area contributed by atoms with E-state index in [1.54, 1.807) is 31.3 Å². The number of H-pyrrole nitrogens is 1. The van der Waals surface area contributed by atoms with E-state index in [4.69, 9.17) is 4.74 Å². The summed E-state index contributed by atoms with van der Waals surface area (Å²) in [5.41, 5.74) is 1.60. The highest BCUT2D eigenvalue weighted by Crippen LogP contribution is 2.15. The van der Waals surface area contributed by atoms with Crippen molar-refractivity contribution in [2.75, 3.05) is 32.6 Å². The van der Waals surface area contributed by atoms with E-state index in [0.29, 0.717) is 17.3 Å². The van der Waals surface area contributed by atoms with Gasteiger partial charge in [0.2, 0.25) is 0 Å². The van der Waals surface area contributed by atoms with Crippen LogP contribution in [-0.2, 0) is 16.1 Å². The third kappa shape index (κ3) is 4.60. The number of nitrogens with zero attached hydrogens (tertiary/aromatic N) is 3. The summed E-state index contributed by atoms with van der Waals surface area (Å²) in [5.74, 6) is -1.11. The first kappa shape index (κ1) is 20.1. The first-order valence-electron chi connectivity index (χ1n) is 9.01. The highest BCUT2D eigenvalue weighted by Gasteiger charge is 2.18. The van der Waals surface area contributed by atoms with Gasteiger partial charge in [-0.15, -0.1) is 0 Å². The summed E-state index contributed by atoms with van der Waals surface area (Å²) in [4.78, 5) is 40.0. The Morgan fingerprint density at radius 3 is 2.31 bits per heavy atom. The molecule has 0 radical (unpaired) electrons. The second-order valence-electron chi connectivity index (χ2n) is 6.83. The minimum absolute atomic E-state index is 0.0325. The molecule has 0 unspecified atom stereocenters. The van der Waals surface area contributed by atoms with Crippen LogP contribution in [0.2, 0.25) is 0 Å². The molecule has 1 heterocycles. The lowest BCUT2D eigenvalue weighted by Crippen LogP contribution is -2.31. The fourth-order valence-electron chi connectivity index (χ4n) is 2.84. The monoisotopic (exact) mass is 394 g/mol. The zero-order chi connectivity index (χ0) is 21.0. The van der Waals surface area contributed by atoms with Crippen molar-refractivity contribution in [3.05, 3.63) is 70.1 Å². The van der Waals surface area contributed by atoms with Crippen molar-refractivity contribution >= 4 is 28.3 Å². The molecule has 1 amide bonds. The van der Waals surface area contributed by atoms with E-state index in [2.05, 4.69) is 10.2 Å². The number of rotatable bonds is 6. The number of benzene rings is 2. The maximum Gasteiger partial charge on any atom is 0.359 e.